The van der Waals surface area contributed by atoms with Gasteiger partial charge in [-0.15, -0.1) is 0 Å². The molecular weight excluding hydrogens is 363 g/mol. The third kappa shape index (κ3) is 3.20. The first kappa shape index (κ1) is 17.8. The first-order chi connectivity index (χ1) is 13.5. The van der Waals surface area contributed by atoms with Gasteiger partial charge in [-0.3, -0.25) is 19.1 Å². The number of likely N-dealkylation sites (tertiary alicyclic amines) is 1. The van der Waals surface area contributed by atoms with Gasteiger partial charge in [-0.05, 0) is 31.2 Å². The summed E-state index contributed by atoms with van der Waals surface area (Å²) in [6.45, 7) is 2.91. The number of hydrogen-bond acceptors (Lipinski definition) is 5. The summed E-state index contributed by atoms with van der Waals surface area (Å²) < 4.78 is 22.9. The minimum atomic E-state index is -0.547. The van der Waals surface area contributed by atoms with Crippen LogP contribution < -0.4 is 11.1 Å². The lowest BCUT2D eigenvalue weighted by Crippen LogP contribution is -2.53. The monoisotopic (exact) mass is 386 g/mol. The topological polar surface area (TPSA) is 69.4 Å². The Kier molecular flexibility index (Phi) is 4.21. The average Bonchev–Trinajstić information content (AvgIpc) is 3.43. The van der Waals surface area contributed by atoms with Gasteiger partial charge in [-0.25, -0.2) is 9.07 Å². The van der Waals surface area contributed by atoms with Gasteiger partial charge >= 0.3 is 11.1 Å². The van der Waals surface area contributed by atoms with Crippen LogP contribution in [0.1, 0.15) is 30.7 Å². The van der Waals surface area contributed by atoms with E-state index in [1.54, 1.807) is 12.1 Å². The van der Waals surface area contributed by atoms with Crippen molar-refractivity contribution in [2.75, 3.05) is 13.1 Å². The fourth-order valence-corrected chi connectivity index (χ4v) is 4.25. The van der Waals surface area contributed by atoms with Crippen LogP contribution in [0.25, 0.3) is 0 Å². The number of fused-ring (bicyclic) bond motifs is 1. The lowest BCUT2D eigenvalue weighted by Gasteiger charge is -2.35. The summed E-state index contributed by atoms with van der Waals surface area (Å²) in [7, 11) is 0. The summed E-state index contributed by atoms with van der Waals surface area (Å²) in [6.07, 6.45) is 2.91. The van der Waals surface area contributed by atoms with Gasteiger partial charge in [0.1, 0.15) is 18.0 Å². The van der Waals surface area contributed by atoms with Crippen molar-refractivity contribution < 1.29 is 9.13 Å². The van der Waals surface area contributed by atoms with Crippen molar-refractivity contribution in [3.8, 4) is 0 Å². The normalized spacial score (nSPS) is 24.6. The van der Waals surface area contributed by atoms with Crippen LogP contribution >= 0.6 is 0 Å². The lowest BCUT2D eigenvalue weighted by molar-refractivity contribution is -0.0859. The van der Waals surface area contributed by atoms with E-state index in [0.29, 0.717) is 43.5 Å². The van der Waals surface area contributed by atoms with Gasteiger partial charge < -0.3 is 4.74 Å². The van der Waals surface area contributed by atoms with E-state index < -0.39 is 16.7 Å². The molecule has 28 heavy (non-hydrogen) atoms. The number of rotatable bonds is 4. The quantitative estimate of drug-likeness (QED) is 0.737. The van der Waals surface area contributed by atoms with Crippen molar-refractivity contribution in [2.45, 2.75) is 51.1 Å². The molecule has 0 radical (unpaired) electrons. The van der Waals surface area contributed by atoms with Gasteiger partial charge in [0.05, 0.1) is 6.54 Å². The molecule has 2 aromatic rings. The Balaban J connectivity index is 1.35. The molecule has 0 bridgehead atoms. The second-order valence-corrected chi connectivity index (χ2v) is 8.26. The van der Waals surface area contributed by atoms with Gasteiger partial charge in [0, 0.05) is 31.7 Å². The van der Waals surface area contributed by atoms with E-state index in [4.69, 9.17) is 4.74 Å². The van der Waals surface area contributed by atoms with E-state index in [0.717, 1.165) is 25.8 Å². The van der Waals surface area contributed by atoms with Crippen LogP contribution in [0.3, 0.4) is 0 Å². The number of nitrogens with zero attached hydrogens (tertiary/aromatic N) is 4. The van der Waals surface area contributed by atoms with E-state index in [-0.39, 0.29) is 12.4 Å². The van der Waals surface area contributed by atoms with Crippen molar-refractivity contribution >= 4 is 0 Å². The van der Waals surface area contributed by atoms with Crippen LogP contribution in [0.4, 0.5) is 4.39 Å². The third-order valence-electron chi connectivity index (χ3n) is 6.04. The molecule has 148 valence electrons. The van der Waals surface area contributed by atoms with Crippen molar-refractivity contribution in [3.05, 3.63) is 62.2 Å². The van der Waals surface area contributed by atoms with Gasteiger partial charge in [0.2, 0.25) is 0 Å². The highest BCUT2D eigenvalue weighted by molar-refractivity contribution is 5.17. The lowest BCUT2D eigenvalue weighted by atomic mass is 10.0. The maximum Gasteiger partial charge on any atom is 0.332 e. The Bertz CT molecular complexity index is 1030. The Morgan fingerprint density at radius 3 is 2.79 bits per heavy atom. The molecule has 1 aromatic carbocycles. The molecule has 7 nitrogen and oxygen atoms in total. The summed E-state index contributed by atoms with van der Waals surface area (Å²) >= 11 is 0. The summed E-state index contributed by atoms with van der Waals surface area (Å²) in [5, 5.41) is 4.39. The molecule has 1 aromatic heterocycles. The van der Waals surface area contributed by atoms with E-state index in [9.17, 15) is 14.0 Å². The van der Waals surface area contributed by atoms with E-state index in [1.165, 1.54) is 15.3 Å². The van der Waals surface area contributed by atoms with Gasteiger partial charge in [0.25, 0.3) is 0 Å². The fourth-order valence-electron chi connectivity index (χ4n) is 4.25. The van der Waals surface area contributed by atoms with Crippen LogP contribution in [0.5, 0.6) is 0 Å². The predicted molar refractivity (Wildman–Crippen MR) is 99.3 cm³/mol. The smallest absolute Gasteiger partial charge is 0.332 e. The highest BCUT2D eigenvalue weighted by atomic mass is 19.1. The molecule has 8 heteroatoms. The van der Waals surface area contributed by atoms with E-state index in [2.05, 4.69) is 10.00 Å². The first-order valence-corrected chi connectivity index (χ1v) is 9.84. The number of halogens is 1. The average molecular weight is 386 g/mol. The standard InChI is InChI=1S/C20H23FN4O3/c21-16-4-2-1-3-15(16)10-23-8-7-20(12-23)13-24-17(11-28-20)22-25(9-14-5-6-14)19(27)18(24)26/h1-4,14H,5-13H2. The Hall–Kier alpha value is -2.32. The van der Waals surface area contributed by atoms with Crippen LogP contribution in [0.2, 0.25) is 0 Å². The molecule has 1 saturated carbocycles. The molecule has 0 amide bonds. The molecule has 2 fully saturated rings. The number of hydrogen-bond donors (Lipinski definition) is 0. The Morgan fingerprint density at radius 2 is 2.00 bits per heavy atom. The summed E-state index contributed by atoms with van der Waals surface area (Å²) in [6, 6.07) is 6.76. The number of aromatic nitrogens is 3. The number of ether oxygens (including phenoxy) is 1. The molecule has 1 aliphatic carbocycles. The maximum atomic E-state index is 14.0. The Labute approximate surface area is 161 Å². The first-order valence-electron chi connectivity index (χ1n) is 9.84. The minimum absolute atomic E-state index is 0.213. The highest BCUT2D eigenvalue weighted by Crippen LogP contribution is 2.32. The van der Waals surface area contributed by atoms with Crippen LogP contribution in [0.15, 0.2) is 33.9 Å². The summed E-state index contributed by atoms with van der Waals surface area (Å²) in [5.41, 5.74) is -0.939. The molecule has 3 heterocycles. The molecule has 5 rings (SSSR count). The van der Waals surface area contributed by atoms with Gasteiger partial charge in [-0.2, -0.15) is 5.10 Å². The van der Waals surface area contributed by atoms with Gasteiger partial charge in [0.15, 0.2) is 5.82 Å². The van der Waals surface area contributed by atoms with E-state index in [1.807, 2.05) is 6.07 Å². The predicted octanol–water partition coefficient (Wildman–Crippen LogP) is 1.13. The van der Waals surface area contributed by atoms with Crippen LogP contribution in [-0.2, 0) is 31.0 Å². The highest BCUT2D eigenvalue weighted by Gasteiger charge is 2.43. The fraction of sp³-hybridized carbons (Fsp3) is 0.550. The molecule has 2 aliphatic heterocycles. The van der Waals surface area contributed by atoms with Gasteiger partial charge in [-0.1, -0.05) is 18.2 Å². The summed E-state index contributed by atoms with van der Waals surface area (Å²) in [4.78, 5) is 27.2. The van der Waals surface area contributed by atoms with Crippen LogP contribution in [0, 0.1) is 11.7 Å². The van der Waals surface area contributed by atoms with Crippen molar-refractivity contribution in [3.63, 3.8) is 0 Å². The molecule has 3 aliphatic rings. The molecule has 1 unspecified atom stereocenters. The molecule has 1 atom stereocenters. The van der Waals surface area contributed by atoms with Crippen molar-refractivity contribution in [1.82, 2.24) is 19.2 Å². The SMILES string of the molecule is O=c1c(=O)n2c(nn1CC1CC1)COC1(CCN(Cc3ccccc3F)C1)C2. The molecule has 1 saturated heterocycles. The largest absolute Gasteiger partial charge is 0.364 e. The minimum Gasteiger partial charge on any atom is -0.364 e. The molecular formula is C20H23FN4O3. The Morgan fingerprint density at radius 1 is 1.18 bits per heavy atom. The molecule has 1 spiro atoms. The van der Waals surface area contributed by atoms with Crippen molar-refractivity contribution in [2.24, 2.45) is 5.92 Å². The van der Waals surface area contributed by atoms with Crippen LogP contribution in [-0.4, -0.2) is 37.9 Å². The van der Waals surface area contributed by atoms with Crippen molar-refractivity contribution in [1.29, 1.82) is 0 Å². The molecule has 0 N–H and O–H groups in total. The second kappa shape index (κ2) is 6.63. The zero-order valence-electron chi connectivity index (χ0n) is 15.6. The number of benzene rings is 1. The zero-order chi connectivity index (χ0) is 19.3. The zero-order valence-corrected chi connectivity index (χ0v) is 15.6. The maximum absolute atomic E-state index is 14.0. The van der Waals surface area contributed by atoms with E-state index >= 15 is 0 Å². The third-order valence-corrected chi connectivity index (χ3v) is 6.04. The summed E-state index contributed by atoms with van der Waals surface area (Å²) in [5.74, 6) is 0.767. The second-order valence-electron chi connectivity index (χ2n) is 8.26.